The zero-order valence-corrected chi connectivity index (χ0v) is 14.1. The molecule has 1 aromatic carbocycles. The van der Waals surface area contributed by atoms with Crippen LogP contribution in [0.15, 0.2) is 29.2 Å². The molecule has 1 aliphatic rings. The van der Waals surface area contributed by atoms with Crippen LogP contribution >= 0.6 is 23.4 Å². The van der Waals surface area contributed by atoms with Crippen molar-refractivity contribution in [3.8, 4) is 0 Å². The Morgan fingerprint density at radius 2 is 1.95 bits per heavy atom. The van der Waals surface area contributed by atoms with Crippen molar-refractivity contribution in [3.63, 3.8) is 0 Å². The number of halogens is 1. The van der Waals surface area contributed by atoms with E-state index < -0.39 is 0 Å². The minimum Gasteiger partial charge on any atom is -0.455 e. The van der Waals surface area contributed by atoms with Crippen LogP contribution in [-0.4, -0.2) is 29.8 Å². The molecule has 0 spiro atoms. The molecule has 22 heavy (non-hydrogen) atoms. The van der Waals surface area contributed by atoms with Crippen molar-refractivity contribution in [1.29, 1.82) is 0 Å². The highest BCUT2D eigenvalue weighted by molar-refractivity contribution is 8.00. The third-order valence-electron chi connectivity index (χ3n) is 3.52. The molecule has 6 heteroatoms. The van der Waals surface area contributed by atoms with Gasteiger partial charge in [-0.15, -0.1) is 11.8 Å². The largest absolute Gasteiger partial charge is 0.455 e. The second kappa shape index (κ2) is 8.44. The predicted molar refractivity (Wildman–Crippen MR) is 88.1 cm³/mol. The van der Waals surface area contributed by atoms with Gasteiger partial charge in [-0.2, -0.15) is 0 Å². The molecule has 1 N–H and O–H groups in total. The van der Waals surface area contributed by atoms with E-state index in [4.69, 9.17) is 16.3 Å². The molecule has 4 nitrogen and oxygen atoms in total. The van der Waals surface area contributed by atoms with Crippen molar-refractivity contribution in [2.24, 2.45) is 0 Å². The molecule has 0 bridgehead atoms. The van der Waals surface area contributed by atoms with Crippen LogP contribution in [0.1, 0.15) is 32.6 Å². The second-order valence-electron chi connectivity index (χ2n) is 5.37. The SMILES string of the molecule is C[C@H](Sc1ccc(Cl)cc1)C(=O)OCC(=O)NC1CCCC1. The van der Waals surface area contributed by atoms with Crippen LogP contribution in [0.25, 0.3) is 0 Å². The highest BCUT2D eigenvalue weighted by Crippen LogP contribution is 2.25. The van der Waals surface area contributed by atoms with Gasteiger partial charge < -0.3 is 10.1 Å². The van der Waals surface area contributed by atoms with E-state index in [0.717, 1.165) is 30.6 Å². The van der Waals surface area contributed by atoms with Crippen molar-refractivity contribution < 1.29 is 14.3 Å². The topological polar surface area (TPSA) is 55.4 Å². The van der Waals surface area contributed by atoms with Crippen molar-refractivity contribution in [3.05, 3.63) is 29.3 Å². The molecule has 2 rings (SSSR count). The molecule has 1 atom stereocenters. The lowest BCUT2D eigenvalue weighted by molar-refractivity contribution is -0.147. The van der Waals surface area contributed by atoms with Gasteiger partial charge in [0.1, 0.15) is 5.25 Å². The smallest absolute Gasteiger partial charge is 0.319 e. The first-order valence-corrected chi connectivity index (χ1v) is 8.68. The second-order valence-corrected chi connectivity index (χ2v) is 7.22. The third-order valence-corrected chi connectivity index (χ3v) is 4.87. The summed E-state index contributed by atoms with van der Waals surface area (Å²) in [5.41, 5.74) is 0. The lowest BCUT2D eigenvalue weighted by Crippen LogP contribution is -2.36. The number of esters is 1. The maximum absolute atomic E-state index is 11.9. The Balaban J connectivity index is 1.71. The van der Waals surface area contributed by atoms with E-state index in [1.54, 1.807) is 19.1 Å². The number of nitrogens with one attached hydrogen (secondary N) is 1. The summed E-state index contributed by atoms with van der Waals surface area (Å²) in [5, 5.41) is 3.17. The number of rotatable bonds is 6. The lowest BCUT2D eigenvalue weighted by atomic mass is 10.2. The Kier molecular flexibility index (Phi) is 6.58. The maximum atomic E-state index is 11.9. The van der Waals surface area contributed by atoms with E-state index in [9.17, 15) is 9.59 Å². The number of hydrogen-bond donors (Lipinski definition) is 1. The fourth-order valence-corrected chi connectivity index (χ4v) is 3.35. The molecule has 120 valence electrons. The molecular weight excluding hydrogens is 322 g/mol. The van der Waals surface area contributed by atoms with Gasteiger partial charge in [0.25, 0.3) is 5.91 Å². The zero-order valence-electron chi connectivity index (χ0n) is 12.5. The standard InChI is InChI=1S/C16H20ClNO3S/c1-11(22-14-8-6-12(17)7-9-14)16(20)21-10-15(19)18-13-4-2-3-5-13/h6-9,11,13H,2-5,10H2,1H3,(H,18,19)/t11-/m0/s1. The monoisotopic (exact) mass is 341 g/mol. The Morgan fingerprint density at radius 1 is 1.32 bits per heavy atom. The number of carbonyl (C=O) groups excluding carboxylic acids is 2. The average Bonchev–Trinajstić information content (AvgIpc) is 3.00. The van der Waals surface area contributed by atoms with Crippen LogP contribution < -0.4 is 5.32 Å². The summed E-state index contributed by atoms with van der Waals surface area (Å²) in [4.78, 5) is 24.6. The molecule has 1 aliphatic carbocycles. The van der Waals surface area contributed by atoms with Gasteiger partial charge in [-0.25, -0.2) is 0 Å². The van der Waals surface area contributed by atoms with E-state index >= 15 is 0 Å². The van der Waals surface area contributed by atoms with Gasteiger partial charge >= 0.3 is 5.97 Å². The molecule has 1 fully saturated rings. The molecule has 0 radical (unpaired) electrons. The Labute approximate surface area is 139 Å². The van der Waals surface area contributed by atoms with Crippen LogP contribution in [0.3, 0.4) is 0 Å². The maximum Gasteiger partial charge on any atom is 0.319 e. The molecular formula is C16H20ClNO3S. The average molecular weight is 342 g/mol. The normalized spacial score (nSPS) is 16.3. The number of benzene rings is 1. The van der Waals surface area contributed by atoms with Crippen LogP contribution in [-0.2, 0) is 14.3 Å². The Bertz CT molecular complexity index is 515. The lowest BCUT2D eigenvalue weighted by Gasteiger charge is -2.14. The number of amides is 1. The number of carbonyl (C=O) groups is 2. The summed E-state index contributed by atoms with van der Waals surface area (Å²) in [6.45, 7) is 1.55. The molecule has 0 heterocycles. The van der Waals surface area contributed by atoms with E-state index in [-0.39, 0.29) is 29.8 Å². The summed E-state index contributed by atoms with van der Waals surface area (Å²) in [6.07, 6.45) is 4.34. The summed E-state index contributed by atoms with van der Waals surface area (Å²) < 4.78 is 5.07. The van der Waals surface area contributed by atoms with Crippen molar-refractivity contribution in [1.82, 2.24) is 5.32 Å². The van der Waals surface area contributed by atoms with Gasteiger partial charge in [0.15, 0.2) is 6.61 Å². The Morgan fingerprint density at radius 3 is 2.59 bits per heavy atom. The minimum absolute atomic E-state index is 0.207. The van der Waals surface area contributed by atoms with Crippen LogP contribution in [0.2, 0.25) is 5.02 Å². The Hall–Kier alpha value is -1.20. The predicted octanol–water partition coefficient (Wildman–Crippen LogP) is 3.42. The number of thioether (sulfide) groups is 1. The van der Waals surface area contributed by atoms with Crippen LogP contribution in [0, 0.1) is 0 Å². The van der Waals surface area contributed by atoms with Gasteiger partial charge in [0.05, 0.1) is 0 Å². The summed E-state index contributed by atoms with van der Waals surface area (Å²) in [7, 11) is 0. The van der Waals surface area contributed by atoms with E-state index in [2.05, 4.69) is 5.32 Å². The minimum atomic E-state index is -0.387. The molecule has 1 amide bonds. The fourth-order valence-electron chi connectivity index (χ4n) is 2.36. The van der Waals surface area contributed by atoms with Gasteiger partial charge in [0.2, 0.25) is 0 Å². The summed E-state index contributed by atoms with van der Waals surface area (Å²) in [6, 6.07) is 7.49. The zero-order chi connectivity index (χ0) is 15.9. The molecule has 1 saturated carbocycles. The molecule has 1 aromatic rings. The highest BCUT2D eigenvalue weighted by Gasteiger charge is 2.20. The first kappa shape index (κ1) is 17.2. The molecule has 0 saturated heterocycles. The first-order valence-electron chi connectivity index (χ1n) is 7.43. The van der Waals surface area contributed by atoms with Crippen molar-refractivity contribution in [2.75, 3.05) is 6.61 Å². The van der Waals surface area contributed by atoms with Crippen molar-refractivity contribution >= 4 is 35.2 Å². The highest BCUT2D eigenvalue weighted by atomic mass is 35.5. The number of hydrogen-bond acceptors (Lipinski definition) is 4. The van der Waals surface area contributed by atoms with Gasteiger partial charge in [0, 0.05) is 16.0 Å². The molecule has 0 aromatic heterocycles. The van der Waals surface area contributed by atoms with E-state index in [1.165, 1.54) is 11.8 Å². The third kappa shape index (κ3) is 5.54. The van der Waals surface area contributed by atoms with Gasteiger partial charge in [-0.1, -0.05) is 24.4 Å². The number of ether oxygens (including phenoxy) is 1. The van der Waals surface area contributed by atoms with E-state index in [1.807, 2.05) is 12.1 Å². The first-order chi connectivity index (χ1) is 10.5. The molecule has 0 aliphatic heterocycles. The van der Waals surface area contributed by atoms with Crippen LogP contribution in [0.4, 0.5) is 0 Å². The quantitative estimate of drug-likeness (QED) is 0.636. The summed E-state index contributed by atoms with van der Waals surface area (Å²) >= 11 is 7.20. The van der Waals surface area contributed by atoms with Crippen molar-refractivity contribution in [2.45, 2.75) is 48.8 Å². The molecule has 0 unspecified atom stereocenters. The van der Waals surface area contributed by atoms with Gasteiger partial charge in [-0.3, -0.25) is 9.59 Å². The van der Waals surface area contributed by atoms with E-state index in [0.29, 0.717) is 5.02 Å². The fraction of sp³-hybridized carbons (Fsp3) is 0.500. The summed E-state index contributed by atoms with van der Waals surface area (Å²) in [5.74, 6) is -0.606. The van der Waals surface area contributed by atoms with Gasteiger partial charge in [-0.05, 0) is 44.0 Å². The van der Waals surface area contributed by atoms with Crippen LogP contribution in [0.5, 0.6) is 0 Å².